The number of rotatable bonds is 5. The first-order valence-electron chi connectivity index (χ1n) is 6.34. The summed E-state index contributed by atoms with van der Waals surface area (Å²) in [4.78, 5) is 4.43. The second kappa shape index (κ2) is 7.10. The van der Waals surface area contributed by atoms with Gasteiger partial charge in [0.1, 0.15) is 0 Å². The van der Waals surface area contributed by atoms with Gasteiger partial charge in [-0.05, 0) is 52.7 Å². The summed E-state index contributed by atoms with van der Waals surface area (Å²) in [5.74, 6) is 1.41. The first kappa shape index (κ1) is 14.6. The van der Waals surface area contributed by atoms with Crippen LogP contribution in [0.4, 0.5) is 5.69 Å². The monoisotopic (exact) mass is 333 g/mol. The van der Waals surface area contributed by atoms with Crippen molar-refractivity contribution in [2.75, 3.05) is 13.7 Å². The van der Waals surface area contributed by atoms with E-state index < -0.39 is 0 Å². The fourth-order valence-corrected chi connectivity index (χ4v) is 2.34. The topological polar surface area (TPSA) is 30.8 Å². The highest BCUT2D eigenvalue weighted by molar-refractivity contribution is 9.10. The van der Waals surface area contributed by atoms with E-state index in [1.807, 2.05) is 49.4 Å². The van der Waals surface area contributed by atoms with Gasteiger partial charge in [0.05, 0.1) is 23.9 Å². The van der Waals surface area contributed by atoms with Crippen LogP contribution < -0.4 is 9.47 Å². The van der Waals surface area contributed by atoms with E-state index in [0.717, 1.165) is 15.7 Å². The second-order valence-electron chi connectivity index (χ2n) is 4.06. The zero-order valence-corrected chi connectivity index (χ0v) is 13.1. The number of hydrogen-bond donors (Lipinski definition) is 0. The van der Waals surface area contributed by atoms with Crippen LogP contribution in [0.5, 0.6) is 11.5 Å². The van der Waals surface area contributed by atoms with E-state index in [1.54, 1.807) is 13.3 Å². The predicted octanol–water partition coefficient (Wildman–Crippen LogP) is 4.61. The minimum absolute atomic E-state index is 0.590. The number of benzene rings is 2. The standard InChI is InChI=1S/C16H16BrNO2/c1-3-20-16-14(17)9-12(10-15(16)19-2)11-18-13-7-5-4-6-8-13/h4-11H,3H2,1-2H3. The summed E-state index contributed by atoms with van der Waals surface area (Å²) in [6.45, 7) is 2.53. The van der Waals surface area contributed by atoms with Gasteiger partial charge >= 0.3 is 0 Å². The third-order valence-corrected chi connectivity index (χ3v) is 3.25. The quantitative estimate of drug-likeness (QED) is 0.748. The second-order valence-corrected chi connectivity index (χ2v) is 4.92. The Bertz CT molecular complexity index is 597. The van der Waals surface area contributed by atoms with E-state index in [2.05, 4.69) is 20.9 Å². The molecule has 2 aromatic rings. The molecule has 0 unspecified atom stereocenters. The summed E-state index contributed by atoms with van der Waals surface area (Å²) >= 11 is 3.50. The molecule has 0 atom stereocenters. The SMILES string of the molecule is CCOc1c(Br)cc(C=Nc2ccccc2)cc1OC. The van der Waals surface area contributed by atoms with Crippen molar-refractivity contribution in [1.29, 1.82) is 0 Å². The van der Waals surface area contributed by atoms with Crippen LogP contribution in [0.2, 0.25) is 0 Å². The average Bonchev–Trinajstić information content (AvgIpc) is 2.48. The van der Waals surface area contributed by atoms with Crippen molar-refractivity contribution >= 4 is 27.8 Å². The predicted molar refractivity (Wildman–Crippen MR) is 85.6 cm³/mol. The van der Waals surface area contributed by atoms with Crippen molar-refractivity contribution in [2.45, 2.75) is 6.92 Å². The van der Waals surface area contributed by atoms with Crippen LogP contribution in [0.25, 0.3) is 0 Å². The van der Waals surface area contributed by atoms with Crippen LogP contribution in [0.15, 0.2) is 51.9 Å². The third-order valence-electron chi connectivity index (χ3n) is 2.66. The zero-order valence-electron chi connectivity index (χ0n) is 11.5. The van der Waals surface area contributed by atoms with Gasteiger partial charge in [-0.1, -0.05) is 18.2 Å². The van der Waals surface area contributed by atoms with Gasteiger partial charge in [-0.25, -0.2) is 0 Å². The molecule has 0 bridgehead atoms. The normalized spacial score (nSPS) is 10.8. The fraction of sp³-hybridized carbons (Fsp3) is 0.188. The number of aliphatic imine (C=N–C) groups is 1. The van der Waals surface area contributed by atoms with E-state index in [9.17, 15) is 0 Å². The van der Waals surface area contributed by atoms with Crippen molar-refractivity contribution in [3.8, 4) is 11.5 Å². The maximum Gasteiger partial charge on any atom is 0.175 e. The lowest BCUT2D eigenvalue weighted by atomic mass is 10.2. The number of para-hydroxylation sites is 1. The molecule has 0 saturated heterocycles. The molecule has 0 saturated carbocycles. The third kappa shape index (κ3) is 3.61. The van der Waals surface area contributed by atoms with Crippen LogP contribution in [-0.2, 0) is 0 Å². The molecule has 20 heavy (non-hydrogen) atoms. The van der Waals surface area contributed by atoms with Gasteiger partial charge < -0.3 is 9.47 Å². The van der Waals surface area contributed by atoms with E-state index in [0.29, 0.717) is 18.1 Å². The molecular weight excluding hydrogens is 318 g/mol. The molecule has 4 heteroatoms. The van der Waals surface area contributed by atoms with E-state index >= 15 is 0 Å². The van der Waals surface area contributed by atoms with Crippen LogP contribution in [0.3, 0.4) is 0 Å². The number of methoxy groups -OCH3 is 1. The molecule has 0 amide bonds. The van der Waals surface area contributed by atoms with Crippen LogP contribution >= 0.6 is 15.9 Å². The Hall–Kier alpha value is -1.81. The number of hydrogen-bond acceptors (Lipinski definition) is 3. The summed E-state index contributed by atoms with van der Waals surface area (Å²) < 4.78 is 11.8. The van der Waals surface area contributed by atoms with Gasteiger partial charge in [-0.2, -0.15) is 0 Å². The van der Waals surface area contributed by atoms with Gasteiger partial charge in [-0.3, -0.25) is 4.99 Å². The molecule has 0 aliphatic heterocycles. The molecule has 0 heterocycles. The van der Waals surface area contributed by atoms with E-state index in [-0.39, 0.29) is 0 Å². The first-order chi connectivity index (χ1) is 9.74. The maximum atomic E-state index is 5.56. The van der Waals surface area contributed by atoms with Crippen molar-refractivity contribution in [2.24, 2.45) is 4.99 Å². The molecule has 0 spiro atoms. The zero-order chi connectivity index (χ0) is 14.4. The minimum Gasteiger partial charge on any atom is -0.493 e. The lowest BCUT2D eigenvalue weighted by Gasteiger charge is -2.11. The molecular formula is C16H16BrNO2. The van der Waals surface area contributed by atoms with Gasteiger partial charge in [0.25, 0.3) is 0 Å². The Morgan fingerprint density at radius 1 is 1.20 bits per heavy atom. The molecule has 0 aromatic heterocycles. The molecule has 2 rings (SSSR count). The van der Waals surface area contributed by atoms with Crippen molar-refractivity contribution < 1.29 is 9.47 Å². The largest absolute Gasteiger partial charge is 0.493 e. The van der Waals surface area contributed by atoms with Gasteiger partial charge in [0.2, 0.25) is 0 Å². The van der Waals surface area contributed by atoms with E-state index in [4.69, 9.17) is 9.47 Å². The summed E-state index contributed by atoms with van der Waals surface area (Å²) in [5.41, 5.74) is 1.86. The molecule has 3 nitrogen and oxygen atoms in total. The number of nitrogens with zero attached hydrogens (tertiary/aromatic N) is 1. The Kier molecular flexibility index (Phi) is 5.18. The average molecular weight is 334 g/mol. The Morgan fingerprint density at radius 3 is 2.60 bits per heavy atom. The van der Waals surface area contributed by atoms with E-state index in [1.165, 1.54) is 0 Å². The Balaban J connectivity index is 2.29. The highest BCUT2D eigenvalue weighted by Crippen LogP contribution is 2.36. The van der Waals surface area contributed by atoms with Crippen molar-refractivity contribution in [1.82, 2.24) is 0 Å². The van der Waals surface area contributed by atoms with Crippen molar-refractivity contribution in [3.63, 3.8) is 0 Å². The first-order valence-corrected chi connectivity index (χ1v) is 7.13. The molecule has 0 aliphatic carbocycles. The highest BCUT2D eigenvalue weighted by Gasteiger charge is 2.10. The molecule has 0 aliphatic rings. The summed E-state index contributed by atoms with van der Waals surface area (Å²) in [6.07, 6.45) is 1.80. The number of ether oxygens (including phenoxy) is 2. The maximum absolute atomic E-state index is 5.56. The van der Waals surface area contributed by atoms with Crippen LogP contribution in [0, 0.1) is 0 Å². The smallest absolute Gasteiger partial charge is 0.175 e. The number of halogens is 1. The van der Waals surface area contributed by atoms with Crippen LogP contribution in [0.1, 0.15) is 12.5 Å². The molecule has 0 radical (unpaired) electrons. The molecule has 2 aromatic carbocycles. The fourth-order valence-electron chi connectivity index (χ4n) is 1.76. The summed E-state index contributed by atoms with van der Waals surface area (Å²) in [5, 5.41) is 0. The molecule has 0 N–H and O–H groups in total. The Labute approximate surface area is 127 Å². The van der Waals surface area contributed by atoms with Gasteiger partial charge in [0.15, 0.2) is 11.5 Å². The minimum atomic E-state index is 0.590. The van der Waals surface area contributed by atoms with Gasteiger partial charge in [0, 0.05) is 6.21 Å². The Morgan fingerprint density at radius 2 is 1.95 bits per heavy atom. The highest BCUT2D eigenvalue weighted by atomic mass is 79.9. The lowest BCUT2D eigenvalue weighted by molar-refractivity contribution is 0.309. The van der Waals surface area contributed by atoms with Crippen molar-refractivity contribution in [3.05, 3.63) is 52.5 Å². The molecule has 104 valence electrons. The van der Waals surface area contributed by atoms with Gasteiger partial charge in [-0.15, -0.1) is 0 Å². The summed E-state index contributed by atoms with van der Waals surface area (Å²) in [7, 11) is 1.63. The lowest BCUT2D eigenvalue weighted by Crippen LogP contribution is -1.97. The molecule has 0 fully saturated rings. The summed E-state index contributed by atoms with van der Waals surface area (Å²) in [6, 6.07) is 13.7. The van der Waals surface area contributed by atoms with Crippen LogP contribution in [-0.4, -0.2) is 19.9 Å².